The van der Waals surface area contributed by atoms with Crippen molar-refractivity contribution in [1.82, 2.24) is 10.3 Å². The molecule has 1 amide bonds. The molecule has 0 unspecified atom stereocenters. The van der Waals surface area contributed by atoms with Crippen LogP contribution in [0.1, 0.15) is 30.6 Å². The van der Waals surface area contributed by atoms with Gasteiger partial charge in [-0.15, -0.1) is 0 Å². The highest BCUT2D eigenvalue weighted by Crippen LogP contribution is 2.36. The highest BCUT2D eigenvalue weighted by molar-refractivity contribution is 6.40. The molecule has 2 aromatic rings. The third-order valence-corrected chi connectivity index (χ3v) is 4.42. The first kappa shape index (κ1) is 19.8. The summed E-state index contributed by atoms with van der Waals surface area (Å²) < 4.78 is 5.70. The lowest BCUT2D eigenvalue weighted by Gasteiger charge is -2.25. The van der Waals surface area contributed by atoms with Gasteiger partial charge in [-0.05, 0) is 36.1 Å². The molecule has 0 aliphatic carbocycles. The van der Waals surface area contributed by atoms with Gasteiger partial charge in [0.05, 0.1) is 22.2 Å². The predicted molar refractivity (Wildman–Crippen MR) is 102 cm³/mol. The summed E-state index contributed by atoms with van der Waals surface area (Å²) in [4.78, 5) is 16.0. The summed E-state index contributed by atoms with van der Waals surface area (Å²) in [6.07, 6.45) is 3.87. The second-order valence-corrected chi connectivity index (χ2v) is 7.64. The molecule has 0 saturated heterocycles. The maximum Gasteiger partial charge on any atom is 0.252 e. The van der Waals surface area contributed by atoms with E-state index < -0.39 is 0 Å². The molecule has 4 nitrogen and oxygen atoms in total. The Balaban J connectivity index is 1.84. The highest BCUT2D eigenvalue weighted by Gasteiger charge is 2.20. The van der Waals surface area contributed by atoms with Crippen molar-refractivity contribution in [2.75, 3.05) is 13.2 Å². The molecule has 1 aromatic heterocycles. The first-order valence-electron chi connectivity index (χ1n) is 7.74. The molecule has 1 N–H and O–H groups in total. The number of hydrogen-bond acceptors (Lipinski definition) is 3. The summed E-state index contributed by atoms with van der Waals surface area (Å²) in [5.74, 6) is 0.272. The summed E-state index contributed by atoms with van der Waals surface area (Å²) in [7, 11) is 0. The minimum atomic E-state index is -0.163. The monoisotopic (exact) mass is 400 g/mol. The van der Waals surface area contributed by atoms with Crippen molar-refractivity contribution in [2.45, 2.75) is 20.3 Å². The van der Waals surface area contributed by atoms with Gasteiger partial charge >= 0.3 is 0 Å². The maximum atomic E-state index is 12.1. The topological polar surface area (TPSA) is 51.2 Å². The van der Waals surface area contributed by atoms with Crippen LogP contribution in [0.3, 0.4) is 0 Å². The van der Waals surface area contributed by atoms with Crippen LogP contribution in [0.5, 0.6) is 5.75 Å². The van der Waals surface area contributed by atoms with Crippen LogP contribution in [-0.4, -0.2) is 24.0 Å². The molecular weight excluding hydrogens is 383 g/mol. The van der Waals surface area contributed by atoms with Crippen molar-refractivity contribution < 1.29 is 9.53 Å². The molecular formula is C18H19Cl3N2O2. The number of hydrogen-bond donors (Lipinski definition) is 1. The van der Waals surface area contributed by atoms with Gasteiger partial charge in [-0.3, -0.25) is 9.78 Å². The molecule has 2 rings (SSSR count). The standard InChI is InChI=1S/C18H19Cl3N2O2/c1-18(2,11-23-17(24)12-4-3-6-22-10-12)5-7-25-16-14(20)8-13(19)9-15(16)21/h3-4,6,8-10H,5,7,11H2,1-2H3,(H,23,24). The fraction of sp³-hybridized carbons (Fsp3) is 0.333. The number of amides is 1. The minimum absolute atomic E-state index is 0.147. The summed E-state index contributed by atoms with van der Waals surface area (Å²) in [6, 6.07) is 6.63. The van der Waals surface area contributed by atoms with Gasteiger partial charge in [-0.25, -0.2) is 0 Å². The minimum Gasteiger partial charge on any atom is -0.490 e. The van der Waals surface area contributed by atoms with E-state index >= 15 is 0 Å². The molecule has 0 spiro atoms. The first-order valence-corrected chi connectivity index (χ1v) is 8.87. The second kappa shape index (κ2) is 8.75. The fourth-order valence-corrected chi connectivity index (χ4v) is 3.03. The molecule has 1 aromatic carbocycles. The Labute approximate surface area is 162 Å². The lowest BCUT2D eigenvalue weighted by Crippen LogP contribution is -2.35. The summed E-state index contributed by atoms with van der Waals surface area (Å²) in [5.41, 5.74) is 0.373. The van der Waals surface area contributed by atoms with Gasteiger partial charge in [-0.1, -0.05) is 48.7 Å². The Kier molecular flexibility index (Phi) is 6.94. The van der Waals surface area contributed by atoms with E-state index in [1.807, 2.05) is 13.8 Å². The number of carbonyl (C=O) groups excluding carboxylic acids is 1. The van der Waals surface area contributed by atoms with E-state index in [0.29, 0.717) is 46.0 Å². The van der Waals surface area contributed by atoms with Gasteiger partial charge in [0.25, 0.3) is 5.91 Å². The molecule has 0 fully saturated rings. The lowest BCUT2D eigenvalue weighted by molar-refractivity contribution is 0.0929. The number of ether oxygens (including phenoxy) is 1. The van der Waals surface area contributed by atoms with Crippen molar-refractivity contribution in [3.8, 4) is 5.75 Å². The van der Waals surface area contributed by atoms with E-state index in [1.54, 1.807) is 30.5 Å². The number of carbonyl (C=O) groups is 1. The first-order chi connectivity index (χ1) is 11.8. The maximum absolute atomic E-state index is 12.1. The van der Waals surface area contributed by atoms with E-state index in [-0.39, 0.29) is 11.3 Å². The number of aromatic nitrogens is 1. The molecule has 0 saturated carbocycles. The molecule has 0 radical (unpaired) electrons. The fourth-order valence-electron chi connectivity index (χ4n) is 2.10. The molecule has 0 aliphatic heterocycles. The third kappa shape index (κ3) is 6.07. The van der Waals surface area contributed by atoms with Crippen LogP contribution in [0.2, 0.25) is 15.1 Å². The second-order valence-electron chi connectivity index (χ2n) is 6.39. The van der Waals surface area contributed by atoms with E-state index in [0.717, 1.165) is 0 Å². The van der Waals surface area contributed by atoms with Gasteiger partial charge in [0, 0.05) is 24.0 Å². The van der Waals surface area contributed by atoms with Crippen LogP contribution in [0.25, 0.3) is 0 Å². The van der Waals surface area contributed by atoms with Crippen molar-refractivity contribution in [3.05, 3.63) is 57.3 Å². The van der Waals surface area contributed by atoms with Gasteiger partial charge in [0.15, 0.2) is 5.75 Å². The zero-order valence-electron chi connectivity index (χ0n) is 14.0. The van der Waals surface area contributed by atoms with Crippen molar-refractivity contribution in [2.24, 2.45) is 5.41 Å². The number of pyridine rings is 1. The van der Waals surface area contributed by atoms with Crippen molar-refractivity contribution in [3.63, 3.8) is 0 Å². The summed E-state index contributed by atoms with van der Waals surface area (Å²) in [5, 5.41) is 4.12. The molecule has 0 bridgehead atoms. The van der Waals surface area contributed by atoms with Gasteiger partial charge in [-0.2, -0.15) is 0 Å². The van der Waals surface area contributed by atoms with Crippen LogP contribution in [-0.2, 0) is 0 Å². The molecule has 25 heavy (non-hydrogen) atoms. The number of nitrogens with zero attached hydrogens (tertiary/aromatic N) is 1. The zero-order valence-corrected chi connectivity index (χ0v) is 16.3. The number of rotatable bonds is 7. The van der Waals surface area contributed by atoms with Gasteiger partial charge < -0.3 is 10.1 Å². The third-order valence-electron chi connectivity index (χ3n) is 3.64. The highest BCUT2D eigenvalue weighted by atomic mass is 35.5. The lowest BCUT2D eigenvalue weighted by atomic mass is 9.89. The largest absolute Gasteiger partial charge is 0.490 e. The average molecular weight is 402 g/mol. The molecule has 134 valence electrons. The Morgan fingerprint density at radius 2 is 1.92 bits per heavy atom. The van der Waals surface area contributed by atoms with Crippen LogP contribution in [0.4, 0.5) is 0 Å². The predicted octanol–water partition coefficient (Wildman–Crippen LogP) is 5.27. The number of benzene rings is 1. The summed E-state index contributed by atoms with van der Waals surface area (Å²) >= 11 is 18.1. The normalized spacial score (nSPS) is 11.2. The number of nitrogens with one attached hydrogen (secondary N) is 1. The van der Waals surface area contributed by atoms with Crippen LogP contribution in [0.15, 0.2) is 36.7 Å². The molecule has 0 atom stereocenters. The zero-order chi connectivity index (χ0) is 18.4. The van der Waals surface area contributed by atoms with Gasteiger partial charge in [0.2, 0.25) is 0 Å². The van der Waals surface area contributed by atoms with E-state index in [1.165, 1.54) is 6.20 Å². The quantitative estimate of drug-likeness (QED) is 0.688. The van der Waals surface area contributed by atoms with E-state index in [2.05, 4.69) is 10.3 Å². The van der Waals surface area contributed by atoms with E-state index in [4.69, 9.17) is 39.5 Å². The summed E-state index contributed by atoms with van der Waals surface area (Å²) in [6.45, 7) is 5.01. The van der Waals surface area contributed by atoms with Crippen molar-refractivity contribution >= 4 is 40.7 Å². The molecule has 7 heteroatoms. The van der Waals surface area contributed by atoms with Crippen molar-refractivity contribution in [1.29, 1.82) is 0 Å². The van der Waals surface area contributed by atoms with Crippen LogP contribution < -0.4 is 10.1 Å². The Hall–Kier alpha value is -1.49. The smallest absolute Gasteiger partial charge is 0.252 e. The average Bonchev–Trinajstić information content (AvgIpc) is 2.56. The molecule has 0 aliphatic rings. The van der Waals surface area contributed by atoms with E-state index in [9.17, 15) is 4.79 Å². The SMILES string of the molecule is CC(C)(CCOc1c(Cl)cc(Cl)cc1Cl)CNC(=O)c1cccnc1. The van der Waals surface area contributed by atoms with Crippen LogP contribution >= 0.6 is 34.8 Å². The van der Waals surface area contributed by atoms with Crippen LogP contribution in [0, 0.1) is 5.41 Å². The van der Waals surface area contributed by atoms with Gasteiger partial charge in [0.1, 0.15) is 0 Å². The Morgan fingerprint density at radius 1 is 1.24 bits per heavy atom. The Bertz CT molecular complexity index is 713. The number of halogens is 3. The Morgan fingerprint density at radius 3 is 2.52 bits per heavy atom. The molecule has 1 heterocycles.